The maximum Gasteiger partial charge on any atom is 0.0270 e. The molecule has 13 heavy (non-hydrogen) atoms. The fourth-order valence-corrected chi connectivity index (χ4v) is 0.868. The van der Waals surface area contributed by atoms with Crippen molar-refractivity contribution in [2.75, 3.05) is 13.1 Å². The zero-order chi connectivity index (χ0) is 9.94. The number of aromatic nitrogens is 1. The van der Waals surface area contributed by atoms with E-state index in [4.69, 9.17) is 0 Å². The summed E-state index contributed by atoms with van der Waals surface area (Å²) >= 11 is 0. The van der Waals surface area contributed by atoms with Crippen molar-refractivity contribution >= 4 is 0 Å². The van der Waals surface area contributed by atoms with Crippen LogP contribution >= 0.6 is 0 Å². The average Bonchev–Trinajstić information content (AvgIpc) is 2.21. The van der Waals surface area contributed by atoms with Gasteiger partial charge in [0.2, 0.25) is 0 Å². The van der Waals surface area contributed by atoms with Crippen LogP contribution in [0.2, 0.25) is 0 Å². The van der Waals surface area contributed by atoms with Crippen LogP contribution in [0.1, 0.15) is 26.3 Å². The maximum absolute atomic E-state index is 3.89. The standard InChI is InChI=1S/C7H9N.C4H11N/c1-2-7-3-5-8-6-4-7;1-3-5-4-2/h3-6H,2H2,1H3;5H,3-4H2,1-2H3. The van der Waals surface area contributed by atoms with Gasteiger partial charge in [-0.15, -0.1) is 0 Å². The lowest BCUT2D eigenvalue weighted by Gasteiger charge is -1.89. The highest BCUT2D eigenvalue weighted by Crippen LogP contribution is 1.94. The lowest BCUT2D eigenvalue weighted by Crippen LogP contribution is -2.09. The van der Waals surface area contributed by atoms with Crippen LogP contribution in [0, 0.1) is 0 Å². The van der Waals surface area contributed by atoms with Gasteiger partial charge in [-0.25, -0.2) is 0 Å². The number of rotatable bonds is 3. The molecule has 0 aliphatic rings. The summed E-state index contributed by atoms with van der Waals surface area (Å²) in [5.41, 5.74) is 1.35. The molecule has 0 aliphatic carbocycles. The van der Waals surface area contributed by atoms with E-state index in [0.29, 0.717) is 0 Å². The molecule has 2 heteroatoms. The zero-order valence-corrected chi connectivity index (χ0v) is 8.88. The van der Waals surface area contributed by atoms with Crippen molar-refractivity contribution in [1.82, 2.24) is 10.3 Å². The van der Waals surface area contributed by atoms with Gasteiger partial charge in [0.05, 0.1) is 0 Å². The van der Waals surface area contributed by atoms with Crippen molar-refractivity contribution in [3.63, 3.8) is 0 Å². The Morgan fingerprint density at radius 2 is 1.62 bits per heavy atom. The minimum Gasteiger partial charge on any atom is -0.317 e. The van der Waals surface area contributed by atoms with Gasteiger partial charge in [-0.2, -0.15) is 0 Å². The van der Waals surface area contributed by atoms with E-state index in [2.05, 4.69) is 31.1 Å². The predicted octanol–water partition coefficient (Wildman–Crippen LogP) is 2.26. The molecule has 0 amide bonds. The smallest absolute Gasteiger partial charge is 0.0270 e. The van der Waals surface area contributed by atoms with Crippen LogP contribution in [0.4, 0.5) is 0 Å². The Bertz CT molecular complexity index is 183. The summed E-state index contributed by atoms with van der Waals surface area (Å²) in [6.07, 6.45) is 4.74. The third kappa shape index (κ3) is 7.47. The van der Waals surface area contributed by atoms with Crippen LogP contribution in [0.25, 0.3) is 0 Å². The summed E-state index contributed by atoms with van der Waals surface area (Å²) in [6, 6.07) is 4.06. The Hall–Kier alpha value is -0.890. The van der Waals surface area contributed by atoms with E-state index in [1.165, 1.54) is 5.56 Å². The van der Waals surface area contributed by atoms with Gasteiger partial charge < -0.3 is 5.32 Å². The van der Waals surface area contributed by atoms with Gasteiger partial charge in [-0.05, 0) is 37.2 Å². The average molecular weight is 180 g/mol. The van der Waals surface area contributed by atoms with E-state index < -0.39 is 0 Å². The molecule has 1 aromatic heterocycles. The van der Waals surface area contributed by atoms with Crippen molar-refractivity contribution < 1.29 is 0 Å². The second-order valence-corrected chi connectivity index (χ2v) is 2.67. The van der Waals surface area contributed by atoms with E-state index in [-0.39, 0.29) is 0 Å². The highest BCUT2D eigenvalue weighted by Gasteiger charge is 1.80. The molecule has 1 heterocycles. The van der Waals surface area contributed by atoms with E-state index >= 15 is 0 Å². The number of nitrogens with zero attached hydrogens (tertiary/aromatic N) is 1. The van der Waals surface area contributed by atoms with Crippen LogP contribution < -0.4 is 5.32 Å². The molecule has 0 saturated heterocycles. The monoisotopic (exact) mass is 180 g/mol. The number of aryl methyl sites for hydroxylation is 1. The van der Waals surface area contributed by atoms with Gasteiger partial charge >= 0.3 is 0 Å². The van der Waals surface area contributed by atoms with E-state index in [1.807, 2.05) is 24.5 Å². The second kappa shape index (κ2) is 9.20. The molecule has 2 nitrogen and oxygen atoms in total. The molecule has 1 rings (SSSR count). The Kier molecular flexibility index (Phi) is 8.57. The molecular formula is C11H20N2. The largest absolute Gasteiger partial charge is 0.317 e. The van der Waals surface area contributed by atoms with Crippen molar-refractivity contribution in [2.24, 2.45) is 0 Å². The molecule has 1 aromatic rings. The molecule has 74 valence electrons. The first-order valence-electron chi connectivity index (χ1n) is 4.94. The third-order valence-electron chi connectivity index (χ3n) is 1.66. The number of nitrogens with one attached hydrogen (secondary N) is 1. The predicted molar refractivity (Wildman–Crippen MR) is 57.8 cm³/mol. The van der Waals surface area contributed by atoms with Crippen LogP contribution in [0.5, 0.6) is 0 Å². The van der Waals surface area contributed by atoms with E-state index in [0.717, 1.165) is 19.5 Å². The lowest BCUT2D eigenvalue weighted by molar-refractivity contribution is 0.762. The fourth-order valence-electron chi connectivity index (χ4n) is 0.868. The number of pyridine rings is 1. The third-order valence-corrected chi connectivity index (χ3v) is 1.66. The summed E-state index contributed by atoms with van der Waals surface area (Å²) in [7, 11) is 0. The number of hydrogen-bond acceptors (Lipinski definition) is 2. The molecule has 0 fully saturated rings. The molecule has 0 spiro atoms. The Labute approximate surface area is 81.4 Å². The molecule has 0 bridgehead atoms. The van der Waals surface area contributed by atoms with Gasteiger partial charge in [-0.1, -0.05) is 20.8 Å². The molecule has 0 saturated carbocycles. The minimum absolute atomic E-state index is 1.09. The quantitative estimate of drug-likeness (QED) is 0.771. The van der Waals surface area contributed by atoms with Crippen LogP contribution in [0.15, 0.2) is 24.5 Å². The molecule has 0 atom stereocenters. The maximum atomic E-state index is 3.89. The molecule has 0 aliphatic heterocycles. The molecule has 1 N–H and O–H groups in total. The van der Waals surface area contributed by atoms with Crippen molar-refractivity contribution in [3.8, 4) is 0 Å². The Morgan fingerprint density at radius 3 is 1.85 bits per heavy atom. The second-order valence-electron chi connectivity index (χ2n) is 2.67. The topological polar surface area (TPSA) is 24.9 Å². The highest BCUT2D eigenvalue weighted by molar-refractivity contribution is 5.08. The van der Waals surface area contributed by atoms with E-state index in [1.54, 1.807) is 0 Å². The molecule has 0 unspecified atom stereocenters. The first-order chi connectivity index (χ1) is 6.35. The number of hydrogen-bond donors (Lipinski definition) is 1. The highest BCUT2D eigenvalue weighted by atomic mass is 14.8. The van der Waals surface area contributed by atoms with Crippen molar-refractivity contribution in [2.45, 2.75) is 27.2 Å². The Morgan fingerprint density at radius 1 is 1.08 bits per heavy atom. The van der Waals surface area contributed by atoms with Crippen LogP contribution in [0.3, 0.4) is 0 Å². The van der Waals surface area contributed by atoms with Crippen molar-refractivity contribution in [1.29, 1.82) is 0 Å². The van der Waals surface area contributed by atoms with Gasteiger partial charge in [0.15, 0.2) is 0 Å². The first kappa shape index (κ1) is 12.1. The van der Waals surface area contributed by atoms with Crippen molar-refractivity contribution in [3.05, 3.63) is 30.1 Å². The lowest BCUT2D eigenvalue weighted by atomic mass is 10.2. The van der Waals surface area contributed by atoms with Gasteiger partial charge in [0.1, 0.15) is 0 Å². The summed E-state index contributed by atoms with van der Waals surface area (Å²) in [6.45, 7) is 8.52. The summed E-state index contributed by atoms with van der Waals surface area (Å²) in [4.78, 5) is 3.89. The Balaban J connectivity index is 0.000000252. The summed E-state index contributed by atoms with van der Waals surface area (Å²) in [5.74, 6) is 0. The van der Waals surface area contributed by atoms with Crippen LogP contribution in [-0.2, 0) is 6.42 Å². The summed E-state index contributed by atoms with van der Waals surface area (Å²) < 4.78 is 0. The van der Waals surface area contributed by atoms with E-state index in [9.17, 15) is 0 Å². The fraction of sp³-hybridized carbons (Fsp3) is 0.545. The normalized spacial score (nSPS) is 8.85. The first-order valence-corrected chi connectivity index (χ1v) is 4.94. The van der Waals surface area contributed by atoms with Crippen LogP contribution in [-0.4, -0.2) is 18.1 Å². The van der Waals surface area contributed by atoms with Gasteiger partial charge in [0, 0.05) is 12.4 Å². The van der Waals surface area contributed by atoms with Gasteiger partial charge in [0.25, 0.3) is 0 Å². The zero-order valence-electron chi connectivity index (χ0n) is 8.88. The SMILES string of the molecule is CCNCC.CCc1ccncc1. The molecule has 0 aromatic carbocycles. The molecular weight excluding hydrogens is 160 g/mol. The summed E-state index contributed by atoms with van der Waals surface area (Å²) in [5, 5.41) is 3.11. The minimum atomic E-state index is 1.09. The molecule has 0 radical (unpaired) electrons. The van der Waals surface area contributed by atoms with Gasteiger partial charge in [-0.3, -0.25) is 4.98 Å².